The van der Waals surface area contributed by atoms with Crippen molar-refractivity contribution in [3.63, 3.8) is 0 Å². The van der Waals surface area contributed by atoms with E-state index in [1.807, 2.05) is 0 Å². The van der Waals surface area contributed by atoms with E-state index in [1.54, 1.807) is 0 Å². The van der Waals surface area contributed by atoms with E-state index in [2.05, 4.69) is 24.9 Å². The number of alkyl halides is 3. The SMILES string of the molecule is N#CC(C#N)=NOCc1nc(-c2ccc(OC(F)(F)F)cc2)no1. The Morgan fingerprint density at radius 2 is 1.88 bits per heavy atom. The molecule has 11 heteroatoms. The minimum atomic E-state index is -4.77. The molecule has 0 N–H and O–H groups in total. The second-order valence-electron chi connectivity index (χ2n) is 4.02. The Hall–Kier alpha value is -3.60. The normalized spacial score (nSPS) is 10.4. The highest BCUT2D eigenvalue weighted by molar-refractivity contribution is 6.09. The molecule has 1 aromatic heterocycles. The monoisotopic (exact) mass is 337 g/mol. The minimum Gasteiger partial charge on any atom is -0.406 e. The number of ether oxygens (including phenoxy) is 1. The van der Waals surface area contributed by atoms with Gasteiger partial charge in [0.05, 0.1) is 0 Å². The van der Waals surface area contributed by atoms with E-state index < -0.39 is 12.1 Å². The van der Waals surface area contributed by atoms with E-state index in [9.17, 15) is 13.2 Å². The van der Waals surface area contributed by atoms with Crippen molar-refractivity contribution in [2.75, 3.05) is 0 Å². The molecule has 0 spiro atoms. The van der Waals surface area contributed by atoms with Crippen molar-refractivity contribution in [1.82, 2.24) is 10.1 Å². The van der Waals surface area contributed by atoms with Crippen LogP contribution in [0.1, 0.15) is 5.89 Å². The Morgan fingerprint density at radius 1 is 1.21 bits per heavy atom. The van der Waals surface area contributed by atoms with Crippen molar-refractivity contribution in [1.29, 1.82) is 10.5 Å². The Morgan fingerprint density at radius 3 is 2.46 bits per heavy atom. The van der Waals surface area contributed by atoms with Crippen LogP contribution in [0.25, 0.3) is 11.4 Å². The molecule has 0 saturated carbocycles. The van der Waals surface area contributed by atoms with Gasteiger partial charge in [0.25, 0.3) is 11.6 Å². The number of nitriles is 2. The molecule has 24 heavy (non-hydrogen) atoms. The third-order valence-corrected chi connectivity index (χ3v) is 2.37. The smallest absolute Gasteiger partial charge is 0.406 e. The molecule has 0 saturated heterocycles. The number of aromatic nitrogens is 2. The van der Waals surface area contributed by atoms with Gasteiger partial charge in [-0.3, -0.25) is 0 Å². The molecule has 0 bridgehead atoms. The number of hydrogen-bond acceptors (Lipinski definition) is 8. The van der Waals surface area contributed by atoms with Crippen LogP contribution >= 0.6 is 0 Å². The van der Waals surface area contributed by atoms with Crippen molar-refractivity contribution in [3.05, 3.63) is 30.2 Å². The first-order chi connectivity index (χ1) is 11.4. The molecule has 0 fully saturated rings. The highest BCUT2D eigenvalue weighted by Gasteiger charge is 2.31. The highest BCUT2D eigenvalue weighted by atomic mass is 19.4. The summed E-state index contributed by atoms with van der Waals surface area (Å²) in [5.41, 5.74) is -0.0900. The molecule has 0 amide bonds. The van der Waals surface area contributed by atoms with Crippen LogP contribution in [0, 0.1) is 22.7 Å². The summed E-state index contributed by atoms with van der Waals surface area (Å²) >= 11 is 0. The number of rotatable bonds is 5. The molecule has 0 aliphatic carbocycles. The largest absolute Gasteiger partial charge is 0.573 e. The standard InChI is InChI=1S/C13H6F3N5O3/c14-13(15,16)23-10-3-1-8(2-4-10)12-19-11(24-21-12)7-22-20-9(5-17)6-18/h1-4H,7H2. The number of oxime groups is 1. The summed E-state index contributed by atoms with van der Waals surface area (Å²) in [6.07, 6.45) is -4.77. The first-order valence-corrected chi connectivity index (χ1v) is 6.10. The Kier molecular flexibility index (Phi) is 4.96. The summed E-state index contributed by atoms with van der Waals surface area (Å²) in [7, 11) is 0. The van der Waals surface area contributed by atoms with Crippen molar-refractivity contribution < 1.29 is 27.3 Å². The maximum Gasteiger partial charge on any atom is 0.573 e. The molecule has 0 unspecified atom stereocenters. The topological polar surface area (TPSA) is 117 Å². The highest BCUT2D eigenvalue weighted by Crippen LogP contribution is 2.25. The average Bonchev–Trinajstić information content (AvgIpc) is 3.00. The van der Waals surface area contributed by atoms with Gasteiger partial charge in [0, 0.05) is 5.56 Å². The predicted octanol–water partition coefficient (Wildman–Crippen LogP) is 2.55. The lowest BCUT2D eigenvalue weighted by atomic mass is 10.2. The summed E-state index contributed by atoms with van der Waals surface area (Å²) in [6.45, 7) is -0.283. The van der Waals surface area contributed by atoms with Crippen LogP contribution in [-0.4, -0.2) is 22.2 Å². The van der Waals surface area contributed by atoms with Crippen molar-refractivity contribution in [3.8, 4) is 29.3 Å². The van der Waals surface area contributed by atoms with Gasteiger partial charge in [0.1, 0.15) is 17.9 Å². The van der Waals surface area contributed by atoms with E-state index in [1.165, 1.54) is 24.3 Å². The Balaban J connectivity index is 2.02. The minimum absolute atomic E-state index is 0.000373. The van der Waals surface area contributed by atoms with E-state index in [0.29, 0.717) is 5.56 Å². The van der Waals surface area contributed by atoms with Crippen molar-refractivity contribution in [2.24, 2.45) is 5.16 Å². The van der Waals surface area contributed by atoms with E-state index >= 15 is 0 Å². The molecular weight excluding hydrogens is 331 g/mol. The molecule has 0 radical (unpaired) electrons. The van der Waals surface area contributed by atoms with Crippen LogP contribution in [0.4, 0.5) is 13.2 Å². The van der Waals surface area contributed by atoms with Gasteiger partial charge in [0.2, 0.25) is 5.82 Å². The first-order valence-electron chi connectivity index (χ1n) is 6.10. The molecule has 1 heterocycles. The fourth-order valence-electron chi connectivity index (χ4n) is 1.45. The summed E-state index contributed by atoms with van der Waals surface area (Å²) in [4.78, 5) is 8.62. The van der Waals surface area contributed by atoms with Crippen LogP contribution in [0.3, 0.4) is 0 Å². The lowest BCUT2D eigenvalue weighted by molar-refractivity contribution is -0.274. The van der Waals surface area contributed by atoms with Gasteiger partial charge in [0.15, 0.2) is 6.61 Å². The molecule has 2 rings (SSSR count). The number of nitrogens with zero attached hydrogens (tertiary/aromatic N) is 5. The van der Waals surface area contributed by atoms with E-state index in [4.69, 9.17) is 15.0 Å². The van der Waals surface area contributed by atoms with Crippen LogP contribution in [0.5, 0.6) is 5.75 Å². The third kappa shape index (κ3) is 4.71. The fourth-order valence-corrected chi connectivity index (χ4v) is 1.45. The lowest BCUT2D eigenvalue weighted by Gasteiger charge is -2.08. The molecular formula is C13H6F3N5O3. The van der Waals surface area contributed by atoms with Gasteiger partial charge >= 0.3 is 6.36 Å². The first kappa shape index (κ1) is 16.8. The van der Waals surface area contributed by atoms with Crippen molar-refractivity contribution in [2.45, 2.75) is 13.0 Å². The average molecular weight is 337 g/mol. The van der Waals surface area contributed by atoms with Crippen LogP contribution in [0.2, 0.25) is 0 Å². The van der Waals surface area contributed by atoms with Crippen molar-refractivity contribution >= 4 is 5.71 Å². The quantitative estimate of drug-likeness (QED) is 0.607. The summed E-state index contributed by atoms with van der Waals surface area (Å²) in [5.74, 6) is -0.273. The number of benzene rings is 1. The van der Waals surface area contributed by atoms with Gasteiger partial charge in [-0.2, -0.15) is 15.5 Å². The third-order valence-electron chi connectivity index (χ3n) is 2.37. The molecule has 122 valence electrons. The fraction of sp³-hybridized carbons (Fsp3) is 0.154. The molecule has 0 aliphatic rings. The second-order valence-corrected chi connectivity index (χ2v) is 4.02. The summed E-state index contributed by atoms with van der Waals surface area (Å²) in [5, 5.41) is 23.8. The maximum atomic E-state index is 12.1. The molecule has 8 nitrogen and oxygen atoms in total. The Labute approximate surface area is 132 Å². The van der Waals surface area contributed by atoms with Gasteiger partial charge in [-0.1, -0.05) is 10.3 Å². The van der Waals surface area contributed by atoms with Crippen LogP contribution in [-0.2, 0) is 11.4 Å². The zero-order valence-electron chi connectivity index (χ0n) is 11.6. The number of halogens is 3. The Bertz CT molecular complexity index is 799. The number of hydrogen-bond donors (Lipinski definition) is 0. The molecule has 0 aliphatic heterocycles. The maximum absolute atomic E-state index is 12.1. The van der Waals surface area contributed by atoms with Crippen LogP contribution in [0.15, 0.2) is 33.9 Å². The van der Waals surface area contributed by atoms with E-state index in [-0.39, 0.29) is 24.1 Å². The zero-order chi connectivity index (χ0) is 17.6. The van der Waals surface area contributed by atoms with Gasteiger partial charge in [-0.05, 0) is 24.3 Å². The molecule has 0 atom stereocenters. The second kappa shape index (κ2) is 7.11. The van der Waals surface area contributed by atoms with Gasteiger partial charge in [-0.15, -0.1) is 13.2 Å². The molecule has 2 aromatic rings. The summed E-state index contributed by atoms with van der Waals surface area (Å²) in [6, 6.07) is 7.83. The zero-order valence-corrected chi connectivity index (χ0v) is 11.6. The van der Waals surface area contributed by atoms with Gasteiger partial charge in [-0.25, -0.2) is 0 Å². The predicted molar refractivity (Wildman–Crippen MR) is 69.9 cm³/mol. The summed E-state index contributed by atoms with van der Waals surface area (Å²) < 4.78 is 44.8. The van der Waals surface area contributed by atoms with Gasteiger partial charge < -0.3 is 14.1 Å². The molecule has 1 aromatic carbocycles. The van der Waals surface area contributed by atoms with Crippen LogP contribution < -0.4 is 4.74 Å². The van der Waals surface area contributed by atoms with E-state index in [0.717, 1.165) is 12.1 Å². The lowest BCUT2D eigenvalue weighted by Crippen LogP contribution is -2.16.